The Labute approximate surface area is 553 Å². The van der Waals surface area contributed by atoms with Crippen molar-refractivity contribution in [1.82, 2.24) is 0 Å². The van der Waals surface area contributed by atoms with Crippen LogP contribution in [0, 0.1) is 0 Å². The Kier molecular flexibility index (Phi) is 24.7. The van der Waals surface area contributed by atoms with Gasteiger partial charge in [0, 0.05) is 29.5 Å². The van der Waals surface area contributed by atoms with Gasteiger partial charge < -0.3 is 5.11 Å². The average molecular weight is 1790 g/mol. The van der Waals surface area contributed by atoms with Crippen molar-refractivity contribution in [3.8, 4) is 0 Å². The molecule has 109 heavy (non-hydrogen) atoms. The van der Waals surface area contributed by atoms with Crippen LogP contribution in [0.15, 0.2) is 6.07 Å². The first kappa shape index (κ1) is 102. The maximum atomic E-state index is 15.3. The van der Waals surface area contributed by atoms with Gasteiger partial charge in [-0.1, -0.05) is 5.19 Å². The van der Waals surface area contributed by atoms with E-state index in [1.54, 1.807) is 0 Å². The molecule has 0 aromatic heterocycles. The molecule has 0 amide bonds. The number of carbonyl (C=O) groups is 1. The Bertz CT molecular complexity index is 3440. The molecule has 0 saturated heterocycles. The molecule has 1 rings (SSSR count). The molecule has 1 aromatic rings. The highest BCUT2D eigenvalue weighted by atomic mass is 28.1. The van der Waals surface area contributed by atoms with E-state index in [-0.39, 0.29) is 0 Å². The van der Waals surface area contributed by atoms with Gasteiger partial charge >= 0.3 is 184 Å². The molecule has 646 valence electrons. The third kappa shape index (κ3) is 13.3. The summed E-state index contributed by atoms with van der Waals surface area (Å²) >= 11 is 0. The number of rotatable bonds is 34. The Morgan fingerprint density at radius 2 is 0.358 bits per heavy atom. The summed E-state index contributed by atoms with van der Waals surface area (Å²) in [5.74, 6) is -261. The molecule has 0 heterocycles. The number of hydrogen-bond donors (Lipinski definition) is 1. The van der Waals surface area contributed by atoms with Gasteiger partial charge in [0.25, 0.3) is 0 Å². The largest absolute Gasteiger partial charge is 0.478 e. The van der Waals surface area contributed by atoms with Crippen LogP contribution in [-0.2, 0) is 19.3 Å². The first-order valence-corrected chi connectivity index (χ1v) is 26.0. The highest BCUT2D eigenvalue weighted by Gasteiger charge is 3.02. The molecule has 0 saturated carbocycles. The van der Waals surface area contributed by atoms with Crippen molar-refractivity contribution in [1.29, 1.82) is 0 Å². The molecule has 0 fully saturated rings. The molecular formula is C43H17F63O2Si. The molecule has 2 nitrogen and oxygen atoms in total. The number of carboxylic acid groups (broad SMARTS) is 1. The van der Waals surface area contributed by atoms with Crippen LogP contribution in [0.2, 0.25) is 0 Å². The summed E-state index contributed by atoms with van der Waals surface area (Å²) in [4.78, 5) is 12.3. The van der Waals surface area contributed by atoms with Crippen LogP contribution < -0.4 is 5.19 Å². The van der Waals surface area contributed by atoms with Crippen molar-refractivity contribution < 1.29 is 286 Å². The molecule has 66 heteroatoms. The van der Waals surface area contributed by atoms with E-state index in [0.29, 0.717) is 0 Å². The fourth-order valence-electron chi connectivity index (χ4n) is 8.13. The second kappa shape index (κ2) is 26.5. The zero-order chi connectivity index (χ0) is 89.4. The normalized spacial score (nSPS) is 16.8. The van der Waals surface area contributed by atoms with Gasteiger partial charge in [0.2, 0.25) is 0 Å². The number of benzene rings is 1. The van der Waals surface area contributed by atoms with E-state index in [1.807, 2.05) is 0 Å². The molecule has 1 aromatic carbocycles. The number of aromatic carboxylic acids is 1. The van der Waals surface area contributed by atoms with E-state index in [0.717, 1.165) is 0 Å². The van der Waals surface area contributed by atoms with Gasteiger partial charge in [-0.05, 0) is 42.0 Å². The second-order valence-electron chi connectivity index (χ2n) is 21.9. The SMILES string of the molecule is O=C(O)c1cc(CCC(F)(F)C(F)(F)C(F)(F)C(F)(F)C(F)(F)C(F)(F)C(F)(F)C(F)(F)C(F)(F)C(F)(F)F)c([SiH3])c(CCC(F)(F)C(F)(F)C(F)(F)C(F)(F)C(F)(F)C(F)(F)C(F)(F)C(F)(F)C(F)(F)C(F)(F)F)c1CCC(F)(F)C(F)(F)C(F)(F)C(F)(F)C(F)(F)C(F)(F)C(F)(F)C(F)(F)C(F)(F)C(F)(F)F. The number of aryl methyl sites for hydroxylation is 1. The minimum atomic E-state index is -10.1. The van der Waals surface area contributed by atoms with Crippen molar-refractivity contribution in [3.63, 3.8) is 0 Å². The highest BCUT2D eigenvalue weighted by Crippen LogP contribution is 2.71. The molecule has 0 aliphatic carbocycles. The molecule has 1 N–H and O–H groups in total. The van der Waals surface area contributed by atoms with Gasteiger partial charge in [-0.25, -0.2) is 4.79 Å². The number of carboxylic acids is 1. The van der Waals surface area contributed by atoms with Gasteiger partial charge in [0.05, 0.1) is 5.56 Å². The lowest BCUT2D eigenvalue weighted by molar-refractivity contribution is -0.474. The maximum absolute atomic E-state index is 15.3. The molecule has 0 unspecified atom stereocenters. The van der Waals surface area contributed by atoms with Crippen molar-refractivity contribution in [2.45, 2.75) is 217 Å². The lowest BCUT2D eigenvalue weighted by Crippen LogP contribution is -2.76. The summed E-state index contributed by atoms with van der Waals surface area (Å²) in [5, 5.41) is 7.05. The fourth-order valence-corrected chi connectivity index (χ4v) is 9.07. The molecule has 0 spiro atoms. The summed E-state index contributed by atoms with van der Waals surface area (Å²) in [6, 6.07) is -1.29. The van der Waals surface area contributed by atoms with Crippen LogP contribution in [0.25, 0.3) is 0 Å². The quantitative estimate of drug-likeness (QED) is 0.0552. The Hall–Kier alpha value is -5.50. The van der Waals surface area contributed by atoms with Crippen molar-refractivity contribution in [2.75, 3.05) is 0 Å². The summed E-state index contributed by atoms with van der Waals surface area (Å²) in [6.45, 7) is 0. The lowest BCUT2D eigenvalue weighted by atomic mass is 9.83. The van der Waals surface area contributed by atoms with Crippen LogP contribution in [0.4, 0.5) is 277 Å². The Morgan fingerprint density at radius 1 is 0.220 bits per heavy atom. The topological polar surface area (TPSA) is 37.3 Å². The van der Waals surface area contributed by atoms with Gasteiger partial charge in [-0.2, -0.15) is 277 Å². The predicted octanol–water partition coefficient (Wildman–Crippen LogP) is 21.0. The van der Waals surface area contributed by atoms with E-state index in [4.69, 9.17) is 0 Å². The van der Waals surface area contributed by atoms with E-state index in [2.05, 4.69) is 0 Å². The van der Waals surface area contributed by atoms with E-state index < -0.39 is 267 Å². The van der Waals surface area contributed by atoms with E-state index in [1.165, 1.54) is 0 Å². The average Bonchev–Trinajstić information content (AvgIpc) is 0.694. The molecule has 0 aliphatic heterocycles. The van der Waals surface area contributed by atoms with Gasteiger partial charge in [0.1, 0.15) is 0 Å². The highest BCUT2D eigenvalue weighted by molar-refractivity contribution is 6.34. The van der Waals surface area contributed by atoms with Gasteiger partial charge in [-0.3, -0.25) is 0 Å². The van der Waals surface area contributed by atoms with Gasteiger partial charge in [0.15, 0.2) is 0 Å². The maximum Gasteiger partial charge on any atom is 0.460 e. The minimum absolute atomic E-state index is 1.29. The molecule has 0 bridgehead atoms. The second-order valence-corrected chi connectivity index (χ2v) is 22.9. The van der Waals surface area contributed by atoms with Crippen molar-refractivity contribution in [2.24, 2.45) is 0 Å². The van der Waals surface area contributed by atoms with Crippen LogP contribution in [0.3, 0.4) is 0 Å². The number of alkyl halides is 63. The number of hydrogen-bond acceptors (Lipinski definition) is 1. The molecule has 0 aliphatic rings. The van der Waals surface area contributed by atoms with E-state index >= 15 is 35.1 Å². The van der Waals surface area contributed by atoms with Crippen molar-refractivity contribution in [3.05, 3.63) is 28.3 Å². The summed E-state index contributed by atoms with van der Waals surface area (Å²) in [7, 11) is -2.39. The summed E-state index contributed by atoms with van der Waals surface area (Å²) < 4.78 is 885. The van der Waals surface area contributed by atoms with E-state index in [9.17, 15) is 251 Å². The summed E-state index contributed by atoms with van der Waals surface area (Å²) in [5.41, 5.74) is -12.0. The standard InChI is InChI=1S/C43H17F63O2Si/c44-14(45,17(50,51)20(56,57)23(62,63)26(68,69)29(74,75)32(80,81)35(86,87)38(92,93)41(98,99)100)4-1-8-7-11(13(107)108)9(2-5-15(46,47)18(52,53)21(58,59)24(64,65)27(70,71)30(76,77)33(82,83)36(88,89)39(94,95)42(101,102)103)10(12(8)109)3-6-16(48,49)19(54,55)22(60,61)25(66,67)28(72,73)31(78,79)34(84,85)37(90,91)40(96,97)43(104,105)106/h7H,1-6H2,109H3,(H,107,108). The first-order valence-electron chi connectivity index (χ1n) is 25.0. The third-order valence-corrected chi connectivity index (χ3v) is 16.2. The lowest BCUT2D eigenvalue weighted by Gasteiger charge is -2.44. The van der Waals surface area contributed by atoms with Crippen molar-refractivity contribution >= 4 is 21.4 Å². The van der Waals surface area contributed by atoms with Crippen LogP contribution in [0.1, 0.15) is 46.3 Å². The van der Waals surface area contributed by atoms with Crippen LogP contribution in [-0.4, -0.2) is 200 Å². The Morgan fingerprint density at radius 3 is 0.514 bits per heavy atom. The zero-order valence-electron chi connectivity index (χ0n) is 48.5. The Balaban J connectivity index is 4.75. The molecular weight excluding hydrogens is 1770 g/mol. The van der Waals surface area contributed by atoms with Crippen LogP contribution >= 0.6 is 0 Å². The van der Waals surface area contributed by atoms with Crippen LogP contribution in [0.5, 0.6) is 0 Å². The molecule has 0 radical (unpaired) electrons. The summed E-state index contributed by atoms with van der Waals surface area (Å²) in [6.07, 6.45) is -50.1. The minimum Gasteiger partial charge on any atom is -0.478 e. The fraction of sp³-hybridized carbons (Fsp3) is 0.837. The first-order chi connectivity index (χ1) is 46.3. The predicted molar refractivity (Wildman–Crippen MR) is 220 cm³/mol. The molecule has 0 atom stereocenters. The third-order valence-electron chi connectivity index (χ3n) is 15.0. The number of halogens is 63. The zero-order valence-corrected chi connectivity index (χ0v) is 50.5. The van der Waals surface area contributed by atoms with Gasteiger partial charge in [-0.15, -0.1) is 0 Å². The smallest absolute Gasteiger partial charge is 0.460 e. The monoisotopic (exact) mass is 1790 g/mol.